The van der Waals surface area contributed by atoms with Crippen LogP contribution < -0.4 is 10.6 Å². The van der Waals surface area contributed by atoms with E-state index in [0.717, 1.165) is 19.6 Å². The molecule has 2 rings (SSSR count). The highest BCUT2D eigenvalue weighted by molar-refractivity contribution is 5.82. The topological polar surface area (TPSA) is 41.1 Å². The fourth-order valence-corrected chi connectivity index (χ4v) is 2.10. The van der Waals surface area contributed by atoms with Crippen LogP contribution in [0, 0.1) is 17.8 Å². The van der Waals surface area contributed by atoms with Gasteiger partial charge in [-0.15, -0.1) is 0 Å². The SMILES string of the molecule is CCNC(=O)C1[C@H]2CNC[C@@H]12. The highest BCUT2D eigenvalue weighted by atomic mass is 16.2. The lowest BCUT2D eigenvalue weighted by Crippen LogP contribution is -2.29. The molecule has 0 aromatic carbocycles. The van der Waals surface area contributed by atoms with Crippen LogP contribution in [0.1, 0.15) is 6.92 Å². The van der Waals surface area contributed by atoms with Gasteiger partial charge in [-0.25, -0.2) is 0 Å². The van der Waals surface area contributed by atoms with Gasteiger partial charge in [0.05, 0.1) is 0 Å². The number of nitrogens with one attached hydrogen (secondary N) is 2. The minimum Gasteiger partial charge on any atom is -0.356 e. The highest BCUT2D eigenvalue weighted by Crippen LogP contribution is 2.48. The van der Waals surface area contributed by atoms with E-state index >= 15 is 0 Å². The van der Waals surface area contributed by atoms with E-state index < -0.39 is 0 Å². The molecule has 1 aliphatic heterocycles. The van der Waals surface area contributed by atoms with Gasteiger partial charge >= 0.3 is 0 Å². The fourth-order valence-electron chi connectivity index (χ4n) is 2.10. The smallest absolute Gasteiger partial charge is 0.223 e. The zero-order valence-electron chi connectivity index (χ0n) is 6.76. The maximum Gasteiger partial charge on any atom is 0.223 e. The Morgan fingerprint density at radius 1 is 1.55 bits per heavy atom. The number of amides is 1. The summed E-state index contributed by atoms with van der Waals surface area (Å²) in [5, 5.41) is 6.14. The first-order valence-electron chi connectivity index (χ1n) is 4.33. The van der Waals surface area contributed by atoms with Crippen LogP contribution in [0.3, 0.4) is 0 Å². The van der Waals surface area contributed by atoms with Crippen LogP contribution in [-0.4, -0.2) is 25.5 Å². The van der Waals surface area contributed by atoms with Gasteiger partial charge in [0.15, 0.2) is 0 Å². The van der Waals surface area contributed by atoms with Crippen molar-refractivity contribution >= 4 is 5.91 Å². The molecule has 0 radical (unpaired) electrons. The first-order chi connectivity index (χ1) is 5.34. The number of fused-ring (bicyclic) bond motifs is 1. The quantitative estimate of drug-likeness (QED) is 0.567. The van der Waals surface area contributed by atoms with Crippen molar-refractivity contribution in [1.29, 1.82) is 0 Å². The van der Waals surface area contributed by atoms with Crippen LogP contribution in [-0.2, 0) is 4.79 Å². The summed E-state index contributed by atoms with van der Waals surface area (Å²) in [6, 6.07) is 0. The summed E-state index contributed by atoms with van der Waals surface area (Å²) < 4.78 is 0. The van der Waals surface area contributed by atoms with Gasteiger partial charge in [-0.3, -0.25) is 4.79 Å². The molecule has 1 aliphatic carbocycles. The predicted octanol–water partition coefficient (Wildman–Crippen LogP) is -0.412. The van der Waals surface area contributed by atoms with Gasteiger partial charge in [-0.1, -0.05) is 0 Å². The number of carbonyl (C=O) groups is 1. The van der Waals surface area contributed by atoms with Crippen LogP contribution >= 0.6 is 0 Å². The van der Waals surface area contributed by atoms with E-state index in [4.69, 9.17) is 0 Å². The Morgan fingerprint density at radius 2 is 2.18 bits per heavy atom. The van der Waals surface area contributed by atoms with Gasteiger partial charge in [0.25, 0.3) is 0 Å². The lowest BCUT2D eigenvalue weighted by Gasteiger charge is -2.03. The van der Waals surface area contributed by atoms with Gasteiger partial charge in [0.1, 0.15) is 0 Å². The number of hydrogen-bond donors (Lipinski definition) is 2. The van der Waals surface area contributed by atoms with E-state index in [0.29, 0.717) is 17.8 Å². The molecule has 3 nitrogen and oxygen atoms in total. The van der Waals surface area contributed by atoms with Crippen LogP contribution in [0.4, 0.5) is 0 Å². The van der Waals surface area contributed by atoms with Crippen molar-refractivity contribution in [2.75, 3.05) is 19.6 Å². The molecule has 1 saturated heterocycles. The summed E-state index contributed by atoms with van der Waals surface area (Å²) in [4.78, 5) is 11.3. The molecule has 1 amide bonds. The summed E-state index contributed by atoms with van der Waals surface area (Å²) in [6.07, 6.45) is 0. The van der Waals surface area contributed by atoms with Gasteiger partial charge in [0.2, 0.25) is 5.91 Å². The predicted molar refractivity (Wildman–Crippen MR) is 42.0 cm³/mol. The zero-order chi connectivity index (χ0) is 7.84. The molecule has 0 spiro atoms. The minimum atomic E-state index is 0.268. The molecule has 0 aromatic rings. The molecule has 1 unspecified atom stereocenters. The van der Waals surface area contributed by atoms with Gasteiger partial charge in [-0.2, -0.15) is 0 Å². The van der Waals surface area contributed by atoms with Crippen molar-refractivity contribution in [2.45, 2.75) is 6.92 Å². The average Bonchev–Trinajstić information content (AvgIpc) is 2.47. The summed E-state index contributed by atoms with van der Waals surface area (Å²) in [5.74, 6) is 1.92. The number of piperidine rings is 1. The van der Waals surface area contributed by atoms with E-state index in [2.05, 4.69) is 10.6 Å². The number of rotatable bonds is 2. The summed E-state index contributed by atoms with van der Waals surface area (Å²) in [7, 11) is 0. The Hall–Kier alpha value is -0.570. The first kappa shape index (κ1) is 7.10. The van der Waals surface area contributed by atoms with Crippen LogP contribution in [0.15, 0.2) is 0 Å². The van der Waals surface area contributed by atoms with Crippen LogP contribution in [0.5, 0.6) is 0 Å². The minimum absolute atomic E-state index is 0.268. The number of hydrogen-bond acceptors (Lipinski definition) is 2. The molecule has 0 aromatic heterocycles. The summed E-state index contributed by atoms with van der Waals surface area (Å²) in [5.41, 5.74) is 0. The Balaban J connectivity index is 1.85. The third-order valence-electron chi connectivity index (χ3n) is 2.75. The normalized spacial score (nSPS) is 39.9. The largest absolute Gasteiger partial charge is 0.356 e. The fraction of sp³-hybridized carbons (Fsp3) is 0.875. The zero-order valence-corrected chi connectivity index (χ0v) is 6.76. The average molecular weight is 154 g/mol. The molecule has 3 heteroatoms. The second-order valence-corrected chi connectivity index (χ2v) is 3.41. The third kappa shape index (κ3) is 1.03. The molecule has 62 valence electrons. The van der Waals surface area contributed by atoms with E-state index in [1.165, 1.54) is 0 Å². The Bertz CT molecular complexity index is 171. The maximum atomic E-state index is 11.3. The Labute approximate surface area is 66.5 Å². The lowest BCUT2D eigenvalue weighted by atomic mass is 10.2. The molecule has 1 heterocycles. The molecule has 2 N–H and O–H groups in total. The number of carbonyl (C=O) groups excluding carboxylic acids is 1. The lowest BCUT2D eigenvalue weighted by molar-refractivity contribution is -0.122. The molecular formula is C8H14N2O. The summed E-state index contributed by atoms with van der Waals surface area (Å²) >= 11 is 0. The van der Waals surface area contributed by atoms with E-state index in [-0.39, 0.29) is 5.91 Å². The third-order valence-corrected chi connectivity index (χ3v) is 2.75. The van der Waals surface area contributed by atoms with Crippen molar-refractivity contribution in [2.24, 2.45) is 17.8 Å². The van der Waals surface area contributed by atoms with E-state index in [9.17, 15) is 4.79 Å². The van der Waals surface area contributed by atoms with Crippen LogP contribution in [0.2, 0.25) is 0 Å². The van der Waals surface area contributed by atoms with Crippen molar-refractivity contribution in [3.8, 4) is 0 Å². The molecule has 2 fully saturated rings. The standard InChI is InChI=1S/C8H14N2O/c1-2-10-8(11)7-5-3-9-4-6(5)7/h5-7,9H,2-4H2,1H3,(H,10,11)/t5-,6+,7?. The van der Waals surface area contributed by atoms with Gasteiger partial charge in [0, 0.05) is 12.5 Å². The first-order valence-corrected chi connectivity index (χ1v) is 4.33. The molecular weight excluding hydrogens is 140 g/mol. The van der Waals surface area contributed by atoms with Crippen molar-refractivity contribution in [1.82, 2.24) is 10.6 Å². The maximum absolute atomic E-state index is 11.3. The molecule has 11 heavy (non-hydrogen) atoms. The van der Waals surface area contributed by atoms with Crippen molar-refractivity contribution in [3.05, 3.63) is 0 Å². The molecule has 2 aliphatic rings. The van der Waals surface area contributed by atoms with Gasteiger partial charge in [-0.05, 0) is 31.8 Å². The molecule has 3 atom stereocenters. The highest BCUT2D eigenvalue weighted by Gasteiger charge is 2.56. The Kier molecular flexibility index (Phi) is 1.60. The van der Waals surface area contributed by atoms with E-state index in [1.54, 1.807) is 0 Å². The molecule has 1 saturated carbocycles. The van der Waals surface area contributed by atoms with Crippen molar-refractivity contribution < 1.29 is 4.79 Å². The van der Waals surface area contributed by atoms with Crippen molar-refractivity contribution in [3.63, 3.8) is 0 Å². The van der Waals surface area contributed by atoms with Gasteiger partial charge < -0.3 is 10.6 Å². The van der Waals surface area contributed by atoms with Crippen LogP contribution in [0.25, 0.3) is 0 Å². The molecule has 0 bridgehead atoms. The second-order valence-electron chi connectivity index (χ2n) is 3.41. The monoisotopic (exact) mass is 154 g/mol. The van der Waals surface area contributed by atoms with E-state index in [1.807, 2.05) is 6.92 Å². The Morgan fingerprint density at radius 3 is 2.73 bits per heavy atom. The second kappa shape index (κ2) is 2.48. The summed E-state index contributed by atoms with van der Waals surface area (Å²) in [6.45, 7) is 4.83.